The average Bonchev–Trinajstić information content (AvgIpc) is 2.68. The Morgan fingerprint density at radius 1 is 1.00 bits per heavy atom. The summed E-state index contributed by atoms with van der Waals surface area (Å²) >= 11 is 0. The quantitative estimate of drug-likeness (QED) is 0.210. The van der Waals surface area contributed by atoms with Crippen LogP contribution in [0.5, 0.6) is 0 Å². The number of aliphatic imine (C=N–C) groups is 1. The Morgan fingerprint density at radius 3 is 2.46 bits per heavy atom. The highest BCUT2D eigenvalue weighted by molar-refractivity contribution is 14.0. The smallest absolute Gasteiger partial charge is 0.224 e. The highest BCUT2D eigenvalue weighted by Crippen LogP contribution is 2.11. The molecule has 2 aromatic carbocycles. The fourth-order valence-electron chi connectivity index (χ4n) is 2.76. The second-order valence-corrected chi connectivity index (χ2v) is 6.44. The van der Waals surface area contributed by atoms with Crippen LogP contribution in [0.2, 0.25) is 0 Å². The van der Waals surface area contributed by atoms with Gasteiger partial charge in [-0.2, -0.15) is 0 Å². The number of hydrogen-bond acceptors (Lipinski definition) is 2. The molecule has 0 heterocycles. The van der Waals surface area contributed by atoms with Crippen molar-refractivity contribution in [3.8, 4) is 0 Å². The minimum absolute atomic E-state index is 0. The number of anilines is 1. The molecule has 3 N–H and O–H groups in total. The Balaban J connectivity index is 0.00000392. The van der Waals surface area contributed by atoms with E-state index >= 15 is 0 Å². The first kappa shape index (κ1) is 23.9. The van der Waals surface area contributed by atoms with Gasteiger partial charge in [0.2, 0.25) is 5.91 Å². The molecule has 0 spiro atoms. The predicted octanol–water partition coefficient (Wildman–Crippen LogP) is 4.34. The van der Waals surface area contributed by atoms with Crippen LogP contribution in [0, 0.1) is 0 Å². The molecule has 0 atom stereocenters. The van der Waals surface area contributed by atoms with Crippen molar-refractivity contribution in [2.45, 2.75) is 39.2 Å². The molecule has 0 bridgehead atoms. The lowest BCUT2D eigenvalue weighted by Crippen LogP contribution is -2.37. The summed E-state index contributed by atoms with van der Waals surface area (Å²) in [5.74, 6) is 0.835. The Bertz CT molecular complexity index is 734. The highest BCUT2D eigenvalue weighted by Gasteiger charge is 2.03. The lowest BCUT2D eigenvalue weighted by molar-refractivity contribution is -0.116. The molecule has 0 radical (unpaired) electrons. The normalized spacial score (nSPS) is 10.7. The summed E-state index contributed by atoms with van der Waals surface area (Å²) in [6.07, 6.45) is 3.48. The number of benzene rings is 2. The topological polar surface area (TPSA) is 65.5 Å². The summed E-state index contributed by atoms with van der Waals surface area (Å²) in [5, 5.41) is 9.59. The van der Waals surface area contributed by atoms with Crippen LogP contribution in [0.15, 0.2) is 59.6 Å². The summed E-state index contributed by atoms with van der Waals surface area (Å²) in [5.41, 5.74) is 3.28. The average molecular weight is 494 g/mol. The van der Waals surface area contributed by atoms with Crippen LogP contribution in [-0.4, -0.2) is 25.5 Å². The molecule has 0 aliphatic rings. The summed E-state index contributed by atoms with van der Waals surface area (Å²) in [6, 6.07) is 18.4. The van der Waals surface area contributed by atoms with Crippen LogP contribution >= 0.6 is 24.0 Å². The van der Waals surface area contributed by atoms with Gasteiger partial charge in [0.1, 0.15) is 0 Å². The third kappa shape index (κ3) is 9.21. The number of rotatable bonds is 9. The molecule has 0 unspecified atom stereocenters. The van der Waals surface area contributed by atoms with Gasteiger partial charge in [-0.3, -0.25) is 9.79 Å². The SMILES string of the molecule is CCCC(=O)Nc1cccc(CNC(=NC)NCCCc2ccccc2)c1.I. The Morgan fingerprint density at radius 2 is 1.75 bits per heavy atom. The van der Waals surface area contributed by atoms with Crippen molar-refractivity contribution in [1.82, 2.24) is 10.6 Å². The largest absolute Gasteiger partial charge is 0.356 e. The number of carbonyl (C=O) groups is 1. The van der Waals surface area contributed by atoms with Crippen LogP contribution in [0.3, 0.4) is 0 Å². The van der Waals surface area contributed by atoms with Crippen LogP contribution in [0.4, 0.5) is 5.69 Å². The molecule has 0 aliphatic carbocycles. The number of hydrogen-bond donors (Lipinski definition) is 3. The van der Waals surface area contributed by atoms with E-state index in [1.807, 2.05) is 37.3 Å². The van der Waals surface area contributed by atoms with E-state index in [-0.39, 0.29) is 29.9 Å². The number of halogens is 1. The lowest BCUT2D eigenvalue weighted by Gasteiger charge is -2.13. The number of amides is 1. The first-order valence-corrected chi connectivity index (χ1v) is 9.58. The number of aryl methyl sites for hydroxylation is 1. The molecule has 6 heteroatoms. The second kappa shape index (κ2) is 14.0. The summed E-state index contributed by atoms with van der Waals surface area (Å²) in [6.45, 7) is 3.51. The van der Waals surface area contributed by atoms with Gasteiger partial charge < -0.3 is 16.0 Å². The van der Waals surface area contributed by atoms with Crippen molar-refractivity contribution in [2.24, 2.45) is 4.99 Å². The monoisotopic (exact) mass is 494 g/mol. The number of nitrogens with zero attached hydrogens (tertiary/aromatic N) is 1. The molecule has 2 aromatic rings. The molecular weight excluding hydrogens is 463 g/mol. The third-order valence-electron chi connectivity index (χ3n) is 4.15. The zero-order valence-electron chi connectivity index (χ0n) is 16.7. The predicted molar refractivity (Wildman–Crippen MR) is 128 cm³/mol. The van der Waals surface area contributed by atoms with Gasteiger partial charge in [0.25, 0.3) is 0 Å². The minimum atomic E-state index is 0. The van der Waals surface area contributed by atoms with E-state index in [4.69, 9.17) is 0 Å². The Labute approximate surface area is 185 Å². The fraction of sp³-hybridized carbons (Fsp3) is 0.364. The van der Waals surface area contributed by atoms with E-state index in [1.165, 1.54) is 5.56 Å². The van der Waals surface area contributed by atoms with Gasteiger partial charge in [-0.15, -0.1) is 24.0 Å². The highest BCUT2D eigenvalue weighted by atomic mass is 127. The van der Waals surface area contributed by atoms with Crippen LogP contribution in [-0.2, 0) is 17.8 Å². The van der Waals surface area contributed by atoms with Crippen molar-refractivity contribution >= 4 is 41.5 Å². The van der Waals surface area contributed by atoms with Gasteiger partial charge in [-0.25, -0.2) is 0 Å². The molecule has 0 fully saturated rings. The van der Waals surface area contributed by atoms with Crippen molar-refractivity contribution in [3.63, 3.8) is 0 Å². The number of guanidine groups is 1. The summed E-state index contributed by atoms with van der Waals surface area (Å²) < 4.78 is 0. The minimum Gasteiger partial charge on any atom is -0.356 e. The zero-order chi connectivity index (χ0) is 19.3. The number of carbonyl (C=O) groups excluding carboxylic acids is 1. The van der Waals surface area contributed by atoms with Crippen molar-refractivity contribution in [1.29, 1.82) is 0 Å². The molecule has 2 rings (SSSR count). The van der Waals surface area contributed by atoms with Crippen molar-refractivity contribution in [3.05, 3.63) is 65.7 Å². The van der Waals surface area contributed by atoms with E-state index in [0.29, 0.717) is 13.0 Å². The van der Waals surface area contributed by atoms with E-state index < -0.39 is 0 Å². The molecule has 28 heavy (non-hydrogen) atoms. The zero-order valence-corrected chi connectivity index (χ0v) is 19.0. The Kier molecular flexibility index (Phi) is 12.0. The first-order chi connectivity index (χ1) is 13.2. The van der Waals surface area contributed by atoms with Crippen LogP contribution in [0.25, 0.3) is 0 Å². The first-order valence-electron chi connectivity index (χ1n) is 9.58. The van der Waals surface area contributed by atoms with Gasteiger partial charge in [0.15, 0.2) is 5.96 Å². The molecule has 0 aliphatic heterocycles. The lowest BCUT2D eigenvalue weighted by atomic mass is 10.1. The van der Waals surface area contributed by atoms with Crippen LogP contribution in [0.1, 0.15) is 37.3 Å². The third-order valence-corrected chi connectivity index (χ3v) is 4.15. The van der Waals surface area contributed by atoms with E-state index in [2.05, 4.69) is 45.2 Å². The molecule has 152 valence electrons. The van der Waals surface area contributed by atoms with Gasteiger partial charge in [0.05, 0.1) is 0 Å². The standard InChI is InChI=1S/C22H30N4O.HI/c1-3-9-21(27)26-20-14-7-12-19(16-20)17-25-22(23-2)24-15-8-13-18-10-5-4-6-11-18;/h4-7,10-12,14,16H,3,8-9,13,15,17H2,1-2H3,(H,26,27)(H2,23,24,25);1H. The maximum Gasteiger partial charge on any atom is 0.224 e. The number of nitrogens with one attached hydrogen (secondary N) is 3. The Hall–Kier alpha value is -2.09. The van der Waals surface area contributed by atoms with Crippen molar-refractivity contribution < 1.29 is 4.79 Å². The van der Waals surface area contributed by atoms with E-state index in [1.54, 1.807) is 7.05 Å². The van der Waals surface area contributed by atoms with Gasteiger partial charge in [0, 0.05) is 32.2 Å². The van der Waals surface area contributed by atoms with E-state index in [9.17, 15) is 4.79 Å². The molecular formula is C22H31IN4O. The second-order valence-electron chi connectivity index (χ2n) is 6.44. The van der Waals surface area contributed by atoms with E-state index in [0.717, 1.165) is 43.0 Å². The maximum atomic E-state index is 11.7. The molecule has 5 nitrogen and oxygen atoms in total. The van der Waals surface area contributed by atoms with Crippen molar-refractivity contribution in [2.75, 3.05) is 18.9 Å². The molecule has 0 saturated heterocycles. The molecule has 0 saturated carbocycles. The molecule has 0 aromatic heterocycles. The summed E-state index contributed by atoms with van der Waals surface area (Å²) in [4.78, 5) is 16.0. The maximum absolute atomic E-state index is 11.7. The van der Waals surface area contributed by atoms with Gasteiger partial charge in [-0.1, -0.05) is 49.4 Å². The van der Waals surface area contributed by atoms with Gasteiger partial charge >= 0.3 is 0 Å². The van der Waals surface area contributed by atoms with Crippen LogP contribution < -0.4 is 16.0 Å². The van der Waals surface area contributed by atoms with Gasteiger partial charge in [-0.05, 0) is 42.5 Å². The molecule has 1 amide bonds. The fourth-order valence-corrected chi connectivity index (χ4v) is 2.76. The summed E-state index contributed by atoms with van der Waals surface area (Å²) in [7, 11) is 1.77.